The molecule has 2 N–H and O–H groups in total. The molecular formula is C41H39N9O6S. The van der Waals surface area contributed by atoms with Gasteiger partial charge in [0.2, 0.25) is 17.8 Å². The Morgan fingerprint density at radius 3 is 2.46 bits per heavy atom. The zero-order valence-corrected chi connectivity index (χ0v) is 32.2. The fourth-order valence-corrected chi connectivity index (χ4v) is 8.48. The second-order valence-electron chi connectivity index (χ2n) is 13.9. The number of rotatable bonds is 11. The third-order valence-electron chi connectivity index (χ3n) is 9.80. The van der Waals surface area contributed by atoms with E-state index in [4.69, 9.17) is 9.15 Å². The number of aromatic carboxylic acids is 1. The topological polar surface area (TPSA) is 170 Å². The number of amides is 1. The summed E-state index contributed by atoms with van der Waals surface area (Å²) in [4.78, 5) is 64.6. The Labute approximate surface area is 331 Å². The summed E-state index contributed by atoms with van der Waals surface area (Å²) in [5, 5.41) is 13.1. The fourth-order valence-electron chi connectivity index (χ4n) is 6.94. The van der Waals surface area contributed by atoms with Crippen molar-refractivity contribution in [2.45, 2.75) is 17.5 Å². The molecule has 57 heavy (non-hydrogen) atoms. The number of hydrogen-bond acceptors (Lipinski definition) is 14. The summed E-state index contributed by atoms with van der Waals surface area (Å²) in [7, 11) is 3.59. The van der Waals surface area contributed by atoms with Gasteiger partial charge in [0.05, 0.1) is 10.8 Å². The number of piperazine rings is 1. The Morgan fingerprint density at radius 1 is 0.947 bits per heavy atom. The van der Waals surface area contributed by atoms with E-state index in [1.165, 1.54) is 17.8 Å². The van der Waals surface area contributed by atoms with Crippen molar-refractivity contribution in [2.24, 2.45) is 0 Å². The van der Waals surface area contributed by atoms with E-state index in [-0.39, 0.29) is 23.4 Å². The zero-order chi connectivity index (χ0) is 39.6. The predicted octanol–water partition coefficient (Wildman–Crippen LogP) is 5.95. The first-order valence-corrected chi connectivity index (χ1v) is 19.3. The Morgan fingerprint density at radius 2 is 1.72 bits per heavy atom. The molecule has 0 bridgehead atoms. The Kier molecular flexibility index (Phi) is 10.4. The van der Waals surface area contributed by atoms with Crippen molar-refractivity contribution >= 4 is 63.7 Å². The average molecular weight is 786 g/mol. The van der Waals surface area contributed by atoms with E-state index < -0.39 is 22.2 Å². The SMILES string of the molecule is Cc1cc(=O)oc2cc(Oc3nc(Nc4ccc(N5C(=O)C(CN6CCN(c7ccccn7)CC6)SC5c5ccccc5C(=O)O)cc4)nc(N(C)C)n3)ccc12. The smallest absolute Gasteiger partial charge is 0.336 e. The van der Waals surface area contributed by atoms with Gasteiger partial charge in [0, 0.05) is 81.9 Å². The van der Waals surface area contributed by atoms with Crippen molar-refractivity contribution in [3.05, 3.63) is 124 Å². The fraction of sp³-hybridized carbons (Fsp3) is 0.244. The van der Waals surface area contributed by atoms with E-state index in [2.05, 4.69) is 35.1 Å². The summed E-state index contributed by atoms with van der Waals surface area (Å²) in [5.41, 5.74) is 2.69. The van der Waals surface area contributed by atoms with Crippen LogP contribution in [-0.2, 0) is 4.79 Å². The van der Waals surface area contributed by atoms with E-state index in [0.29, 0.717) is 40.8 Å². The van der Waals surface area contributed by atoms with E-state index in [9.17, 15) is 19.5 Å². The first-order valence-electron chi connectivity index (χ1n) is 18.3. The van der Waals surface area contributed by atoms with Crippen LogP contribution in [0.3, 0.4) is 0 Å². The number of carbonyl (C=O) groups is 2. The van der Waals surface area contributed by atoms with Crippen LogP contribution in [0.2, 0.25) is 0 Å². The number of thioether (sulfide) groups is 1. The van der Waals surface area contributed by atoms with Crippen molar-refractivity contribution < 1.29 is 23.8 Å². The number of carboxylic acid groups (broad SMARTS) is 1. The van der Waals surface area contributed by atoms with Gasteiger partial charge in [0.1, 0.15) is 22.5 Å². The monoisotopic (exact) mass is 785 g/mol. The van der Waals surface area contributed by atoms with Gasteiger partial charge < -0.3 is 29.4 Å². The van der Waals surface area contributed by atoms with Crippen LogP contribution >= 0.6 is 11.8 Å². The third kappa shape index (κ3) is 8.08. The van der Waals surface area contributed by atoms with Crippen molar-refractivity contribution in [2.75, 3.05) is 66.8 Å². The average Bonchev–Trinajstić information content (AvgIpc) is 3.53. The lowest BCUT2D eigenvalue weighted by Crippen LogP contribution is -2.49. The molecule has 1 amide bonds. The molecule has 2 aliphatic rings. The van der Waals surface area contributed by atoms with Crippen LogP contribution < -0.4 is 30.4 Å². The number of carboxylic acids is 1. The molecule has 2 aliphatic heterocycles. The van der Waals surface area contributed by atoms with Gasteiger partial charge in [-0.3, -0.25) is 14.6 Å². The maximum Gasteiger partial charge on any atom is 0.336 e. The molecule has 8 rings (SSSR count). The van der Waals surface area contributed by atoms with Gasteiger partial charge in [-0.05, 0) is 72.6 Å². The van der Waals surface area contributed by atoms with E-state index in [0.717, 1.165) is 42.9 Å². The van der Waals surface area contributed by atoms with Gasteiger partial charge in [0.25, 0.3) is 0 Å². The number of nitrogens with one attached hydrogen (secondary N) is 1. The summed E-state index contributed by atoms with van der Waals surface area (Å²) >= 11 is 1.48. The van der Waals surface area contributed by atoms with Crippen LogP contribution in [0.25, 0.3) is 11.0 Å². The summed E-state index contributed by atoms with van der Waals surface area (Å²) in [6.07, 6.45) is 1.79. The summed E-state index contributed by atoms with van der Waals surface area (Å²) in [5.74, 6) is 0.729. The molecule has 0 saturated carbocycles. The molecule has 2 unspecified atom stereocenters. The number of fused-ring (bicyclic) bond motifs is 1. The minimum atomic E-state index is -1.05. The number of benzene rings is 3. The van der Waals surface area contributed by atoms with Gasteiger partial charge in [-0.15, -0.1) is 11.8 Å². The quantitative estimate of drug-likeness (QED) is 0.148. The van der Waals surface area contributed by atoms with E-state index >= 15 is 0 Å². The van der Waals surface area contributed by atoms with Crippen LogP contribution in [0.5, 0.6) is 11.8 Å². The lowest BCUT2D eigenvalue weighted by atomic mass is 10.1. The minimum Gasteiger partial charge on any atom is -0.478 e. The highest BCUT2D eigenvalue weighted by Gasteiger charge is 2.44. The normalized spacial score (nSPS) is 17.2. The second kappa shape index (κ2) is 15.9. The highest BCUT2D eigenvalue weighted by Crippen LogP contribution is 2.47. The zero-order valence-electron chi connectivity index (χ0n) is 31.4. The molecule has 0 aliphatic carbocycles. The van der Waals surface area contributed by atoms with Gasteiger partial charge in [-0.1, -0.05) is 24.3 Å². The molecule has 2 saturated heterocycles. The number of hydrogen-bond donors (Lipinski definition) is 2. The minimum absolute atomic E-state index is 0.0194. The number of nitrogens with zero attached hydrogens (tertiary/aromatic N) is 8. The molecule has 0 radical (unpaired) electrons. The highest BCUT2D eigenvalue weighted by molar-refractivity contribution is 8.01. The number of ether oxygens (including phenoxy) is 1. The number of aromatic nitrogens is 4. The van der Waals surface area contributed by atoms with Crippen molar-refractivity contribution in [1.29, 1.82) is 0 Å². The van der Waals surface area contributed by atoms with Crippen molar-refractivity contribution in [1.82, 2.24) is 24.8 Å². The van der Waals surface area contributed by atoms with Crippen LogP contribution in [0.1, 0.15) is 26.9 Å². The molecule has 15 nitrogen and oxygen atoms in total. The molecule has 5 heterocycles. The summed E-state index contributed by atoms with van der Waals surface area (Å²) in [6.45, 7) is 5.50. The molecule has 3 aromatic heterocycles. The molecular weight excluding hydrogens is 747 g/mol. The van der Waals surface area contributed by atoms with E-state index in [1.807, 2.05) is 49.4 Å². The molecule has 290 valence electrons. The Bertz CT molecular complexity index is 2490. The number of aryl methyl sites for hydroxylation is 1. The number of carbonyl (C=O) groups excluding carboxylic acids is 1. The van der Waals surface area contributed by atoms with Crippen LogP contribution in [0, 0.1) is 6.92 Å². The molecule has 16 heteroatoms. The van der Waals surface area contributed by atoms with Gasteiger partial charge >= 0.3 is 17.6 Å². The number of pyridine rings is 1. The van der Waals surface area contributed by atoms with Crippen molar-refractivity contribution in [3.63, 3.8) is 0 Å². The standard InChI is InChI=1S/C41H39N9O6S/c1-25-22-35(51)56-32-23-28(15-16-29(25)32)55-41-45-39(44-40(46-41)47(2)3)43-26-11-13-27(14-12-26)50-36(52)33(57-37(50)30-8-4-5-9-31(30)38(53)54)24-48-18-20-49(21-19-48)34-10-6-7-17-42-34/h4-17,22-23,33,37H,18-21,24H2,1-3H3,(H,53,54)(H,43,44,45,46). The van der Waals surface area contributed by atoms with Gasteiger partial charge in [-0.25, -0.2) is 14.6 Å². The number of anilines is 5. The molecule has 2 atom stereocenters. The molecule has 6 aromatic rings. The Hall–Kier alpha value is -6.52. The lowest BCUT2D eigenvalue weighted by Gasteiger charge is -2.36. The lowest BCUT2D eigenvalue weighted by molar-refractivity contribution is -0.118. The third-order valence-corrected chi connectivity index (χ3v) is 11.2. The van der Waals surface area contributed by atoms with Gasteiger partial charge in [-0.2, -0.15) is 15.0 Å². The predicted molar refractivity (Wildman–Crippen MR) is 219 cm³/mol. The highest BCUT2D eigenvalue weighted by atomic mass is 32.2. The van der Waals surface area contributed by atoms with Crippen molar-refractivity contribution in [3.8, 4) is 11.8 Å². The van der Waals surface area contributed by atoms with Crippen LogP contribution in [0.15, 0.2) is 106 Å². The maximum absolute atomic E-state index is 14.3. The van der Waals surface area contributed by atoms with Crippen LogP contribution in [-0.4, -0.2) is 93.9 Å². The first kappa shape index (κ1) is 37.4. The molecule has 2 fully saturated rings. The second-order valence-corrected chi connectivity index (χ2v) is 15.2. The Balaban J connectivity index is 1.02. The van der Waals surface area contributed by atoms with Crippen LogP contribution in [0.4, 0.5) is 29.1 Å². The first-order chi connectivity index (χ1) is 27.6. The summed E-state index contributed by atoms with van der Waals surface area (Å²) < 4.78 is 11.4. The molecule has 3 aromatic carbocycles. The van der Waals surface area contributed by atoms with E-state index in [1.54, 1.807) is 72.6 Å². The maximum atomic E-state index is 14.3. The largest absolute Gasteiger partial charge is 0.478 e. The summed E-state index contributed by atoms with van der Waals surface area (Å²) in [6, 6.07) is 26.6. The molecule has 0 spiro atoms. The van der Waals surface area contributed by atoms with Gasteiger partial charge in [0.15, 0.2) is 0 Å².